The van der Waals surface area contributed by atoms with Crippen molar-refractivity contribution < 1.29 is 14.3 Å². The molecule has 0 bridgehead atoms. The molecule has 0 unspecified atom stereocenters. The number of carbonyl (C=O) groups is 1. The number of aromatic nitrogens is 1. The van der Waals surface area contributed by atoms with Gasteiger partial charge in [0.1, 0.15) is 6.61 Å². The quantitative estimate of drug-likeness (QED) is 0.448. The standard InChI is InChI=1S/C14H19NO3SSi/c1-20(2)8-7-17-5-6-18-14(16)11-3-4-12-13(9-11)19-10-15-12/h3-4,9-10,20H,5-8H2,1-2H3. The van der Waals surface area contributed by atoms with Crippen molar-refractivity contribution in [3.8, 4) is 0 Å². The van der Waals surface area contributed by atoms with E-state index in [1.165, 1.54) is 11.3 Å². The van der Waals surface area contributed by atoms with Crippen molar-refractivity contribution in [3.63, 3.8) is 0 Å². The minimum absolute atomic E-state index is 0.304. The lowest BCUT2D eigenvalue weighted by Gasteiger charge is -2.07. The third kappa shape index (κ3) is 4.40. The molecule has 0 aliphatic heterocycles. The molecule has 0 fully saturated rings. The topological polar surface area (TPSA) is 48.4 Å². The molecule has 0 spiro atoms. The van der Waals surface area contributed by atoms with Gasteiger partial charge in [-0.1, -0.05) is 13.1 Å². The minimum Gasteiger partial charge on any atom is -0.460 e. The van der Waals surface area contributed by atoms with Crippen molar-refractivity contribution in [1.82, 2.24) is 4.98 Å². The highest BCUT2D eigenvalue weighted by Crippen LogP contribution is 2.19. The fourth-order valence-corrected chi connectivity index (χ4v) is 3.03. The molecule has 0 saturated carbocycles. The summed E-state index contributed by atoms with van der Waals surface area (Å²) in [6, 6.07) is 6.57. The van der Waals surface area contributed by atoms with Crippen LogP contribution in [-0.2, 0) is 9.47 Å². The van der Waals surface area contributed by atoms with Crippen molar-refractivity contribution in [2.24, 2.45) is 0 Å². The number of thiazole rings is 1. The van der Waals surface area contributed by atoms with E-state index in [2.05, 4.69) is 18.1 Å². The van der Waals surface area contributed by atoms with Crippen LogP contribution in [0.3, 0.4) is 0 Å². The van der Waals surface area contributed by atoms with Crippen molar-refractivity contribution in [2.45, 2.75) is 19.1 Å². The highest BCUT2D eigenvalue weighted by Gasteiger charge is 2.08. The molecule has 1 aromatic heterocycles. The number of rotatable bonds is 7. The SMILES string of the molecule is C[SiH](C)CCOCCOC(=O)c1ccc2ncsc2c1. The zero-order valence-electron chi connectivity index (χ0n) is 11.8. The summed E-state index contributed by atoms with van der Waals surface area (Å²) in [5, 5.41) is 0. The molecule has 2 aromatic rings. The van der Waals surface area contributed by atoms with Crippen LogP contribution < -0.4 is 0 Å². The molecule has 0 N–H and O–H groups in total. The average Bonchev–Trinajstić information content (AvgIpc) is 2.89. The van der Waals surface area contributed by atoms with Gasteiger partial charge in [-0.3, -0.25) is 0 Å². The fraction of sp³-hybridized carbons (Fsp3) is 0.429. The first-order valence-corrected chi connectivity index (χ1v) is 10.8. The predicted octanol–water partition coefficient (Wildman–Crippen LogP) is 2.96. The summed E-state index contributed by atoms with van der Waals surface area (Å²) in [6.07, 6.45) is 0. The molecule has 1 heterocycles. The number of hydrogen-bond donors (Lipinski definition) is 0. The summed E-state index contributed by atoms with van der Waals surface area (Å²) in [4.78, 5) is 16.0. The van der Waals surface area contributed by atoms with E-state index >= 15 is 0 Å². The maximum atomic E-state index is 11.9. The Bertz CT molecular complexity index is 570. The Morgan fingerprint density at radius 3 is 2.95 bits per heavy atom. The molecule has 2 rings (SSSR count). The van der Waals surface area contributed by atoms with Crippen LogP contribution in [-0.4, -0.2) is 39.6 Å². The summed E-state index contributed by atoms with van der Waals surface area (Å²) in [5.41, 5.74) is 3.25. The molecule has 1 aromatic carbocycles. The van der Waals surface area contributed by atoms with Gasteiger partial charge in [-0.2, -0.15) is 0 Å². The van der Waals surface area contributed by atoms with Gasteiger partial charge >= 0.3 is 5.97 Å². The third-order valence-corrected chi connectivity index (χ3v) is 5.05. The molecule has 0 saturated heterocycles. The highest BCUT2D eigenvalue weighted by atomic mass is 32.1. The zero-order chi connectivity index (χ0) is 14.4. The number of fused-ring (bicyclic) bond motifs is 1. The Morgan fingerprint density at radius 2 is 2.15 bits per heavy atom. The molecule has 0 atom stereocenters. The molecule has 0 radical (unpaired) electrons. The Labute approximate surface area is 124 Å². The first-order chi connectivity index (χ1) is 9.66. The first kappa shape index (κ1) is 15.2. The number of benzene rings is 1. The van der Waals surface area contributed by atoms with E-state index in [0.29, 0.717) is 18.8 Å². The van der Waals surface area contributed by atoms with E-state index in [4.69, 9.17) is 9.47 Å². The van der Waals surface area contributed by atoms with Crippen LogP contribution >= 0.6 is 11.3 Å². The van der Waals surface area contributed by atoms with Gasteiger partial charge in [-0.05, 0) is 24.2 Å². The molecule has 0 aliphatic rings. The van der Waals surface area contributed by atoms with Gasteiger partial charge in [0, 0.05) is 15.4 Å². The van der Waals surface area contributed by atoms with E-state index in [-0.39, 0.29) is 5.97 Å². The first-order valence-electron chi connectivity index (χ1n) is 6.75. The number of ether oxygens (including phenoxy) is 2. The summed E-state index contributed by atoms with van der Waals surface area (Å²) in [7, 11) is -0.546. The van der Waals surface area contributed by atoms with Gasteiger partial charge in [-0.25, -0.2) is 9.78 Å². The van der Waals surface area contributed by atoms with Gasteiger partial charge < -0.3 is 9.47 Å². The van der Waals surface area contributed by atoms with Crippen molar-refractivity contribution in [1.29, 1.82) is 0 Å². The smallest absolute Gasteiger partial charge is 0.338 e. The van der Waals surface area contributed by atoms with Crippen molar-refractivity contribution >= 4 is 36.3 Å². The number of esters is 1. The Balaban J connectivity index is 1.74. The molecular formula is C14H19NO3SSi. The van der Waals surface area contributed by atoms with Crippen LogP contribution in [0.15, 0.2) is 23.7 Å². The van der Waals surface area contributed by atoms with Crippen LogP contribution in [0.1, 0.15) is 10.4 Å². The van der Waals surface area contributed by atoms with Crippen molar-refractivity contribution in [3.05, 3.63) is 29.3 Å². The van der Waals surface area contributed by atoms with Crippen LogP contribution in [0, 0.1) is 0 Å². The Kier molecular flexibility index (Phi) is 5.69. The van der Waals surface area contributed by atoms with Gasteiger partial charge in [-0.15, -0.1) is 11.3 Å². The Hall–Kier alpha value is -1.24. The predicted molar refractivity (Wildman–Crippen MR) is 84.4 cm³/mol. The van der Waals surface area contributed by atoms with Crippen LogP contribution in [0.5, 0.6) is 0 Å². The third-order valence-electron chi connectivity index (χ3n) is 2.87. The molecule has 0 aliphatic carbocycles. The lowest BCUT2D eigenvalue weighted by atomic mass is 10.2. The second-order valence-corrected chi connectivity index (χ2v) is 9.22. The van der Waals surface area contributed by atoms with Crippen LogP contribution in [0.25, 0.3) is 10.2 Å². The van der Waals surface area contributed by atoms with Gasteiger partial charge in [0.2, 0.25) is 0 Å². The number of hydrogen-bond acceptors (Lipinski definition) is 5. The molecule has 6 heteroatoms. The van der Waals surface area contributed by atoms with E-state index in [0.717, 1.165) is 22.9 Å². The monoisotopic (exact) mass is 309 g/mol. The maximum Gasteiger partial charge on any atom is 0.338 e. The normalized spacial score (nSPS) is 11.2. The summed E-state index contributed by atoms with van der Waals surface area (Å²) < 4.78 is 11.6. The minimum atomic E-state index is -0.546. The number of carbonyl (C=O) groups excluding carboxylic acids is 1. The zero-order valence-corrected chi connectivity index (χ0v) is 13.8. The summed E-state index contributed by atoms with van der Waals surface area (Å²) in [6.45, 7) is 6.13. The van der Waals surface area contributed by atoms with Crippen LogP contribution in [0.4, 0.5) is 0 Å². The van der Waals surface area contributed by atoms with E-state index in [1.807, 2.05) is 12.1 Å². The average molecular weight is 309 g/mol. The Morgan fingerprint density at radius 1 is 1.30 bits per heavy atom. The second-order valence-electron chi connectivity index (χ2n) is 4.97. The molecular weight excluding hydrogens is 290 g/mol. The molecule has 0 amide bonds. The highest BCUT2D eigenvalue weighted by molar-refractivity contribution is 7.16. The van der Waals surface area contributed by atoms with Gasteiger partial charge in [0.05, 0.1) is 27.9 Å². The van der Waals surface area contributed by atoms with Crippen molar-refractivity contribution in [2.75, 3.05) is 19.8 Å². The molecule has 108 valence electrons. The van der Waals surface area contributed by atoms with Gasteiger partial charge in [0.15, 0.2) is 0 Å². The van der Waals surface area contributed by atoms with E-state index < -0.39 is 8.80 Å². The number of nitrogens with zero attached hydrogens (tertiary/aromatic N) is 1. The van der Waals surface area contributed by atoms with Gasteiger partial charge in [0.25, 0.3) is 0 Å². The molecule has 20 heavy (non-hydrogen) atoms. The van der Waals surface area contributed by atoms with E-state index in [1.54, 1.807) is 11.6 Å². The second kappa shape index (κ2) is 7.52. The summed E-state index contributed by atoms with van der Waals surface area (Å²) in [5.74, 6) is -0.304. The van der Waals surface area contributed by atoms with Crippen LogP contribution in [0.2, 0.25) is 19.1 Å². The lowest BCUT2D eigenvalue weighted by molar-refractivity contribution is 0.0335. The van der Waals surface area contributed by atoms with E-state index in [9.17, 15) is 4.79 Å². The lowest BCUT2D eigenvalue weighted by Crippen LogP contribution is -2.12. The largest absolute Gasteiger partial charge is 0.460 e. The molecule has 4 nitrogen and oxygen atoms in total. The maximum absolute atomic E-state index is 11.9. The fourth-order valence-electron chi connectivity index (χ4n) is 1.68. The summed E-state index contributed by atoms with van der Waals surface area (Å²) >= 11 is 1.52.